The van der Waals surface area contributed by atoms with Crippen molar-refractivity contribution in [1.82, 2.24) is 9.88 Å². The molecule has 3 heterocycles. The quantitative estimate of drug-likeness (QED) is 0.523. The molecule has 5 rings (SSSR count). The Morgan fingerprint density at radius 1 is 0.941 bits per heavy atom. The minimum absolute atomic E-state index is 0.221. The second kappa shape index (κ2) is 10.1. The Morgan fingerprint density at radius 3 is 2.35 bits per heavy atom. The number of piperidine rings is 1. The maximum atomic E-state index is 13.8. The summed E-state index contributed by atoms with van der Waals surface area (Å²) in [6, 6.07) is 23.0. The molecule has 2 aliphatic rings. The first-order valence-electron chi connectivity index (χ1n) is 12.3. The van der Waals surface area contributed by atoms with E-state index in [4.69, 9.17) is 9.72 Å². The number of hydrogen-bond donors (Lipinski definition) is 0. The third-order valence-corrected chi connectivity index (χ3v) is 7.41. The lowest BCUT2D eigenvalue weighted by Crippen LogP contribution is -2.51. The van der Waals surface area contributed by atoms with E-state index in [0.29, 0.717) is 25.6 Å². The lowest BCUT2D eigenvalue weighted by molar-refractivity contribution is -0.142. The first-order chi connectivity index (χ1) is 16.6. The molecule has 4 nitrogen and oxygen atoms in total. The predicted octanol–water partition coefficient (Wildman–Crippen LogP) is 5.27. The molecule has 0 radical (unpaired) electrons. The van der Waals surface area contributed by atoms with Crippen molar-refractivity contribution in [2.24, 2.45) is 0 Å². The molecule has 34 heavy (non-hydrogen) atoms. The number of nitrogens with zero attached hydrogens (tertiary/aromatic N) is 2. The highest BCUT2D eigenvalue weighted by atomic mass is 19.1. The summed E-state index contributed by atoms with van der Waals surface area (Å²) < 4.78 is 18.8. The molecule has 2 aromatic carbocycles. The third kappa shape index (κ3) is 4.76. The van der Waals surface area contributed by atoms with Gasteiger partial charge in [0, 0.05) is 50.0 Å². The van der Waals surface area contributed by atoms with Gasteiger partial charge in [-0.2, -0.15) is 0 Å². The molecule has 0 unspecified atom stereocenters. The first-order valence-corrected chi connectivity index (χ1v) is 12.3. The smallest absolute Gasteiger partial charge is 0.233 e. The van der Waals surface area contributed by atoms with Gasteiger partial charge in [0.25, 0.3) is 0 Å². The monoisotopic (exact) mass is 458 g/mol. The molecule has 176 valence electrons. The van der Waals surface area contributed by atoms with E-state index in [1.54, 1.807) is 0 Å². The first kappa shape index (κ1) is 22.7. The number of carbonyl (C=O) groups is 1. The van der Waals surface area contributed by atoms with Gasteiger partial charge in [-0.25, -0.2) is 4.39 Å². The predicted molar refractivity (Wildman–Crippen MR) is 130 cm³/mol. The van der Waals surface area contributed by atoms with Gasteiger partial charge >= 0.3 is 0 Å². The lowest BCUT2D eigenvalue weighted by atomic mass is 9.72. The van der Waals surface area contributed by atoms with Gasteiger partial charge in [0.05, 0.1) is 5.41 Å². The molecule has 0 bridgehead atoms. The Labute approximate surface area is 200 Å². The Bertz CT molecular complexity index is 1100. The molecule has 0 atom stereocenters. The number of amides is 1. The lowest BCUT2D eigenvalue weighted by Gasteiger charge is -2.42. The minimum Gasteiger partial charge on any atom is -0.381 e. The van der Waals surface area contributed by atoms with Crippen LogP contribution in [0, 0.1) is 5.82 Å². The standard InChI is InChI=1S/C29H31FN2O2/c30-25-11-9-22(10-12-25)21-26-7-4-8-27(31-26)23-13-17-32(18-14-23)28(33)29(15-19-34-20-16-29)24-5-2-1-3-6-24/h1-12,23H,13-21H2. The maximum Gasteiger partial charge on any atom is 0.233 e. The fourth-order valence-electron chi connectivity index (χ4n) is 5.42. The number of halogens is 1. The highest BCUT2D eigenvalue weighted by Gasteiger charge is 2.44. The third-order valence-electron chi connectivity index (χ3n) is 7.41. The summed E-state index contributed by atoms with van der Waals surface area (Å²) in [5.74, 6) is 0.375. The van der Waals surface area contributed by atoms with Gasteiger partial charge in [-0.1, -0.05) is 48.5 Å². The zero-order valence-electron chi connectivity index (χ0n) is 19.5. The molecule has 1 amide bonds. The molecule has 0 aliphatic carbocycles. The summed E-state index contributed by atoms with van der Waals surface area (Å²) in [6.07, 6.45) is 4.00. The number of rotatable bonds is 5. The van der Waals surface area contributed by atoms with Crippen molar-refractivity contribution in [3.63, 3.8) is 0 Å². The molecule has 0 spiro atoms. The van der Waals surface area contributed by atoms with Crippen LogP contribution in [0.1, 0.15) is 54.1 Å². The van der Waals surface area contributed by atoms with Crippen LogP contribution in [0.25, 0.3) is 0 Å². The Kier molecular flexibility index (Phi) is 6.73. The largest absolute Gasteiger partial charge is 0.381 e. The van der Waals surface area contributed by atoms with E-state index >= 15 is 0 Å². The second-order valence-corrected chi connectivity index (χ2v) is 9.48. The van der Waals surface area contributed by atoms with Crippen LogP contribution >= 0.6 is 0 Å². The summed E-state index contributed by atoms with van der Waals surface area (Å²) in [4.78, 5) is 20.8. The zero-order chi connectivity index (χ0) is 23.4. The van der Waals surface area contributed by atoms with E-state index < -0.39 is 5.41 Å². The van der Waals surface area contributed by atoms with Gasteiger partial charge in [0.2, 0.25) is 5.91 Å². The van der Waals surface area contributed by atoms with Crippen LogP contribution in [0.3, 0.4) is 0 Å². The van der Waals surface area contributed by atoms with Gasteiger partial charge in [-0.15, -0.1) is 0 Å². The SMILES string of the molecule is O=C(N1CCC(c2cccc(Cc3ccc(F)cc3)n2)CC1)C1(c2ccccc2)CCOCC1. The number of likely N-dealkylation sites (tertiary alicyclic amines) is 1. The van der Waals surface area contributed by atoms with Crippen molar-refractivity contribution in [3.8, 4) is 0 Å². The van der Waals surface area contributed by atoms with Crippen LogP contribution in [-0.4, -0.2) is 42.1 Å². The van der Waals surface area contributed by atoms with Crippen molar-refractivity contribution >= 4 is 5.91 Å². The van der Waals surface area contributed by atoms with Crippen molar-refractivity contribution < 1.29 is 13.9 Å². The highest BCUT2D eigenvalue weighted by molar-refractivity contribution is 5.88. The number of carbonyl (C=O) groups excluding carboxylic acids is 1. The molecule has 2 saturated heterocycles. The molecule has 3 aromatic rings. The minimum atomic E-state index is -0.473. The number of hydrogen-bond acceptors (Lipinski definition) is 3. The normalized spacial score (nSPS) is 18.6. The second-order valence-electron chi connectivity index (χ2n) is 9.48. The fourth-order valence-corrected chi connectivity index (χ4v) is 5.42. The Hall–Kier alpha value is -3.05. The summed E-state index contributed by atoms with van der Waals surface area (Å²) >= 11 is 0. The van der Waals surface area contributed by atoms with Gasteiger partial charge < -0.3 is 9.64 Å². The van der Waals surface area contributed by atoms with Crippen LogP contribution in [0.15, 0.2) is 72.8 Å². The molecule has 2 aliphatic heterocycles. The average molecular weight is 459 g/mol. The van der Waals surface area contributed by atoms with Crippen LogP contribution < -0.4 is 0 Å². The summed E-state index contributed by atoms with van der Waals surface area (Å²) in [6.45, 7) is 2.76. The van der Waals surface area contributed by atoms with Crippen molar-refractivity contribution in [3.05, 3.63) is 101 Å². The van der Waals surface area contributed by atoms with Crippen molar-refractivity contribution in [2.45, 2.75) is 43.4 Å². The summed E-state index contributed by atoms with van der Waals surface area (Å²) in [5, 5.41) is 0. The van der Waals surface area contributed by atoms with Gasteiger partial charge in [0.1, 0.15) is 5.82 Å². The topological polar surface area (TPSA) is 42.4 Å². The maximum absolute atomic E-state index is 13.8. The van der Waals surface area contributed by atoms with Gasteiger partial charge in [-0.3, -0.25) is 9.78 Å². The number of ether oxygens (including phenoxy) is 1. The molecular weight excluding hydrogens is 427 g/mol. The van der Waals surface area contributed by atoms with Crippen LogP contribution in [0.5, 0.6) is 0 Å². The molecular formula is C29H31FN2O2. The van der Waals surface area contributed by atoms with E-state index in [1.165, 1.54) is 12.1 Å². The van der Waals surface area contributed by atoms with Crippen LogP contribution in [0.2, 0.25) is 0 Å². The van der Waals surface area contributed by atoms with Gasteiger partial charge in [-0.05, 0) is 61.1 Å². The van der Waals surface area contributed by atoms with E-state index in [-0.39, 0.29) is 11.7 Å². The van der Waals surface area contributed by atoms with E-state index in [2.05, 4.69) is 29.2 Å². The molecule has 5 heteroatoms. The van der Waals surface area contributed by atoms with E-state index in [9.17, 15) is 9.18 Å². The molecule has 1 aromatic heterocycles. The molecule has 0 saturated carbocycles. The van der Waals surface area contributed by atoms with Crippen LogP contribution in [0.4, 0.5) is 4.39 Å². The summed E-state index contributed by atoms with van der Waals surface area (Å²) in [5.41, 5.74) is 3.78. The Morgan fingerprint density at radius 2 is 1.65 bits per heavy atom. The average Bonchev–Trinajstić information content (AvgIpc) is 2.91. The van der Waals surface area contributed by atoms with E-state index in [0.717, 1.165) is 61.3 Å². The fraction of sp³-hybridized carbons (Fsp3) is 0.379. The molecule has 0 N–H and O–H groups in total. The zero-order valence-corrected chi connectivity index (χ0v) is 19.5. The number of benzene rings is 2. The number of aromatic nitrogens is 1. The molecule has 2 fully saturated rings. The van der Waals surface area contributed by atoms with Crippen molar-refractivity contribution in [1.29, 1.82) is 0 Å². The Balaban J connectivity index is 1.26. The van der Waals surface area contributed by atoms with Gasteiger partial charge in [0.15, 0.2) is 0 Å². The number of pyridine rings is 1. The summed E-state index contributed by atoms with van der Waals surface area (Å²) in [7, 11) is 0. The van der Waals surface area contributed by atoms with Crippen molar-refractivity contribution in [2.75, 3.05) is 26.3 Å². The van der Waals surface area contributed by atoms with Crippen LogP contribution in [-0.2, 0) is 21.4 Å². The highest BCUT2D eigenvalue weighted by Crippen LogP contribution is 2.38. The van der Waals surface area contributed by atoms with E-state index in [1.807, 2.05) is 36.4 Å².